The van der Waals surface area contributed by atoms with Crippen molar-refractivity contribution >= 4 is 46.0 Å². The number of hydrogen-bond acceptors (Lipinski definition) is 7. The number of alkyl halides is 2. The number of carbonyl (C=O) groups excluding carboxylic acids is 1. The second-order valence-electron chi connectivity index (χ2n) is 8.99. The average Bonchev–Trinajstić information content (AvgIpc) is 3.52. The quantitative estimate of drug-likeness (QED) is 0.395. The van der Waals surface area contributed by atoms with E-state index in [4.69, 9.17) is 27.9 Å². The Morgan fingerprint density at radius 2 is 1.92 bits per heavy atom. The summed E-state index contributed by atoms with van der Waals surface area (Å²) in [6, 6.07) is 6.32. The Kier molecular flexibility index (Phi) is 5.97. The molecular formula is C23H20Cl2F2N8O2. The molecule has 1 aliphatic carbocycles. The smallest absolute Gasteiger partial charge is 0.259 e. The van der Waals surface area contributed by atoms with E-state index in [1.54, 1.807) is 10.7 Å². The lowest BCUT2D eigenvalue weighted by atomic mass is 9.89. The molecule has 0 spiro atoms. The van der Waals surface area contributed by atoms with Gasteiger partial charge < -0.3 is 15.0 Å². The van der Waals surface area contributed by atoms with Crippen molar-refractivity contribution in [1.29, 1.82) is 0 Å². The standard InChI is InChI=1S/C23H20Cl2F2N8O2/c24-17-9-18(25)19(8-15(17)21-30-32-35(31-21)14-10-23(26,27)11-14)29-22(36)16-12-28-34-2-1-13(7-20(16)34)33-3-5-37-6-4-33/h1-2,7-9,12,14H,3-6,10-11H2,(H,29,36). The van der Waals surface area contributed by atoms with E-state index >= 15 is 0 Å². The highest BCUT2D eigenvalue weighted by molar-refractivity contribution is 6.38. The van der Waals surface area contributed by atoms with Gasteiger partial charge in [0.1, 0.15) is 0 Å². The number of pyridine rings is 1. The lowest BCUT2D eigenvalue weighted by molar-refractivity contribution is -0.110. The van der Waals surface area contributed by atoms with Gasteiger partial charge in [-0.3, -0.25) is 4.79 Å². The summed E-state index contributed by atoms with van der Waals surface area (Å²) in [7, 11) is 0. The van der Waals surface area contributed by atoms with Crippen LogP contribution in [0.15, 0.2) is 36.7 Å². The molecule has 2 fully saturated rings. The molecule has 10 nitrogen and oxygen atoms in total. The SMILES string of the molecule is O=C(Nc1cc(-c2nnn(C3CC(F)(F)C3)n2)c(Cl)cc1Cl)c1cnn2ccc(N3CCOCC3)cc12. The van der Waals surface area contributed by atoms with E-state index in [1.807, 2.05) is 12.1 Å². The van der Waals surface area contributed by atoms with Crippen LogP contribution in [-0.4, -0.2) is 68.0 Å². The van der Waals surface area contributed by atoms with E-state index in [2.05, 4.69) is 30.7 Å². The lowest BCUT2D eigenvalue weighted by Crippen LogP contribution is -2.38. The maximum Gasteiger partial charge on any atom is 0.259 e. The molecule has 0 bridgehead atoms. The second-order valence-corrected chi connectivity index (χ2v) is 9.80. The number of halogens is 4. The van der Waals surface area contributed by atoms with Crippen LogP contribution in [0, 0.1) is 0 Å². The molecule has 0 unspecified atom stereocenters. The average molecular weight is 549 g/mol. The highest BCUT2D eigenvalue weighted by Gasteiger charge is 2.47. The van der Waals surface area contributed by atoms with Gasteiger partial charge in [-0.05, 0) is 29.5 Å². The number of tetrazole rings is 1. The molecule has 1 aliphatic heterocycles. The van der Waals surface area contributed by atoms with Crippen LogP contribution in [0.2, 0.25) is 10.0 Å². The minimum absolute atomic E-state index is 0.138. The first-order valence-electron chi connectivity index (χ1n) is 11.6. The zero-order valence-electron chi connectivity index (χ0n) is 19.2. The van der Waals surface area contributed by atoms with Gasteiger partial charge in [0.25, 0.3) is 11.8 Å². The molecule has 4 heterocycles. The Morgan fingerprint density at radius 3 is 2.68 bits per heavy atom. The summed E-state index contributed by atoms with van der Waals surface area (Å²) in [6.07, 6.45) is 2.61. The van der Waals surface area contributed by atoms with Gasteiger partial charge >= 0.3 is 0 Å². The fourth-order valence-corrected chi connectivity index (χ4v) is 4.96. The largest absolute Gasteiger partial charge is 0.378 e. The number of hydrogen-bond donors (Lipinski definition) is 1. The first kappa shape index (κ1) is 24.0. The van der Waals surface area contributed by atoms with Gasteiger partial charge in [-0.25, -0.2) is 13.3 Å². The number of nitrogens with zero attached hydrogens (tertiary/aromatic N) is 7. The van der Waals surface area contributed by atoms with Crippen LogP contribution in [0.5, 0.6) is 0 Å². The molecule has 1 amide bonds. The summed E-state index contributed by atoms with van der Waals surface area (Å²) < 4.78 is 33.5. The summed E-state index contributed by atoms with van der Waals surface area (Å²) in [5.74, 6) is -2.99. The molecule has 37 heavy (non-hydrogen) atoms. The van der Waals surface area contributed by atoms with Crippen LogP contribution >= 0.6 is 23.2 Å². The Hall–Kier alpha value is -3.35. The van der Waals surface area contributed by atoms with Gasteiger partial charge in [0.05, 0.1) is 52.3 Å². The number of aromatic nitrogens is 6. The Bertz CT molecular complexity index is 1490. The minimum atomic E-state index is -2.71. The molecule has 192 valence electrons. The molecule has 1 aromatic carbocycles. The van der Waals surface area contributed by atoms with Crippen molar-refractivity contribution in [3.63, 3.8) is 0 Å². The van der Waals surface area contributed by atoms with E-state index < -0.39 is 17.9 Å². The molecule has 0 radical (unpaired) electrons. The maximum absolute atomic E-state index is 13.3. The number of anilines is 2. The topological polar surface area (TPSA) is 102 Å². The van der Waals surface area contributed by atoms with Crippen molar-refractivity contribution in [3.8, 4) is 11.4 Å². The summed E-state index contributed by atoms with van der Waals surface area (Å²) in [4.78, 5) is 16.6. The van der Waals surface area contributed by atoms with Crippen molar-refractivity contribution in [2.75, 3.05) is 36.5 Å². The van der Waals surface area contributed by atoms with E-state index in [-0.39, 0.29) is 34.4 Å². The third-order valence-electron chi connectivity index (χ3n) is 6.50. The number of ether oxygens (including phenoxy) is 1. The lowest BCUT2D eigenvalue weighted by Gasteiger charge is -2.33. The molecule has 14 heteroatoms. The van der Waals surface area contributed by atoms with E-state index in [0.29, 0.717) is 29.9 Å². The first-order chi connectivity index (χ1) is 17.8. The molecular weight excluding hydrogens is 529 g/mol. The van der Waals surface area contributed by atoms with E-state index in [1.165, 1.54) is 23.1 Å². The van der Waals surface area contributed by atoms with Crippen molar-refractivity contribution in [2.45, 2.75) is 24.8 Å². The molecule has 2 aliphatic rings. The van der Waals surface area contributed by atoms with Gasteiger partial charge in [-0.1, -0.05) is 23.2 Å². The summed E-state index contributed by atoms with van der Waals surface area (Å²) in [5.41, 5.74) is 2.59. The minimum Gasteiger partial charge on any atom is -0.378 e. The van der Waals surface area contributed by atoms with Crippen molar-refractivity contribution in [2.24, 2.45) is 0 Å². The van der Waals surface area contributed by atoms with Gasteiger partial charge in [0.2, 0.25) is 5.82 Å². The predicted octanol–water partition coefficient (Wildman–Crippen LogP) is 4.35. The predicted molar refractivity (Wildman–Crippen MR) is 133 cm³/mol. The van der Waals surface area contributed by atoms with Crippen molar-refractivity contribution in [1.82, 2.24) is 29.8 Å². The number of benzene rings is 1. The Labute approximate surface area is 219 Å². The van der Waals surface area contributed by atoms with E-state index in [0.717, 1.165) is 18.8 Å². The number of rotatable bonds is 5. The van der Waals surface area contributed by atoms with Crippen molar-refractivity contribution in [3.05, 3.63) is 52.3 Å². The molecule has 1 saturated heterocycles. The summed E-state index contributed by atoms with van der Waals surface area (Å²) in [6.45, 7) is 2.81. The van der Waals surface area contributed by atoms with Crippen LogP contribution in [-0.2, 0) is 4.74 Å². The van der Waals surface area contributed by atoms with Gasteiger partial charge in [-0.15, -0.1) is 10.2 Å². The number of carbonyl (C=O) groups is 1. The van der Waals surface area contributed by atoms with Crippen LogP contribution in [0.3, 0.4) is 0 Å². The van der Waals surface area contributed by atoms with Crippen LogP contribution < -0.4 is 10.2 Å². The molecule has 1 saturated carbocycles. The number of fused-ring (bicyclic) bond motifs is 1. The zero-order chi connectivity index (χ0) is 25.7. The maximum atomic E-state index is 13.3. The molecule has 4 aromatic rings. The monoisotopic (exact) mass is 548 g/mol. The normalized spacial score (nSPS) is 17.7. The van der Waals surface area contributed by atoms with Crippen LogP contribution in [0.1, 0.15) is 29.2 Å². The van der Waals surface area contributed by atoms with Crippen LogP contribution in [0.4, 0.5) is 20.2 Å². The number of nitrogens with one attached hydrogen (secondary N) is 1. The number of morpholine rings is 1. The molecule has 1 N–H and O–H groups in total. The van der Waals surface area contributed by atoms with Crippen molar-refractivity contribution < 1.29 is 18.3 Å². The fourth-order valence-electron chi connectivity index (χ4n) is 4.45. The highest BCUT2D eigenvalue weighted by atomic mass is 35.5. The molecule has 6 rings (SSSR count). The van der Waals surface area contributed by atoms with E-state index in [9.17, 15) is 13.6 Å². The third kappa shape index (κ3) is 4.60. The van der Waals surface area contributed by atoms with Gasteiger partial charge in [0, 0.05) is 43.4 Å². The molecule has 3 aromatic heterocycles. The summed E-state index contributed by atoms with van der Waals surface area (Å²) in [5, 5.41) is 19.6. The Morgan fingerprint density at radius 1 is 1.14 bits per heavy atom. The highest BCUT2D eigenvalue weighted by Crippen LogP contribution is 2.45. The van der Waals surface area contributed by atoms with Crippen LogP contribution in [0.25, 0.3) is 16.9 Å². The first-order valence-corrected chi connectivity index (χ1v) is 12.3. The Balaban J connectivity index is 1.26. The molecule has 0 atom stereocenters. The van der Waals surface area contributed by atoms with Gasteiger partial charge in [0.15, 0.2) is 0 Å². The third-order valence-corrected chi connectivity index (χ3v) is 7.12. The number of amides is 1. The summed E-state index contributed by atoms with van der Waals surface area (Å²) >= 11 is 12.7. The van der Waals surface area contributed by atoms with Gasteiger partial charge in [-0.2, -0.15) is 9.90 Å². The fraction of sp³-hybridized carbons (Fsp3) is 0.348. The zero-order valence-corrected chi connectivity index (χ0v) is 20.8. The second kappa shape index (κ2) is 9.19.